The Morgan fingerprint density at radius 3 is 1.96 bits per heavy atom. The van der Waals surface area contributed by atoms with Gasteiger partial charge in [-0.3, -0.25) is 0 Å². The SMILES string of the molecule is CS(=O)(=N/C(=C\c1ccccc1)OC(=O)c1ccccc1)c1ccccc1. The van der Waals surface area contributed by atoms with Crippen LogP contribution < -0.4 is 0 Å². The average molecular weight is 377 g/mol. The fraction of sp³-hybridized carbons (Fsp3) is 0.0455. The Labute approximate surface area is 159 Å². The standard InChI is InChI=1S/C22H19NO3S/c1-27(25,20-15-9-4-10-16-20)23-21(17-18-11-5-2-6-12-18)26-22(24)19-13-7-3-8-14-19/h2-17H,1H3/b21-17+. The fourth-order valence-electron chi connectivity index (χ4n) is 2.39. The highest BCUT2D eigenvalue weighted by Gasteiger charge is 2.13. The van der Waals surface area contributed by atoms with Crippen molar-refractivity contribution in [3.05, 3.63) is 108 Å². The number of hydrogen-bond acceptors (Lipinski definition) is 4. The van der Waals surface area contributed by atoms with Crippen molar-refractivity contribution in [1.29, 1.82) is 0 Å². The molecule has 0 aliphatic heterocycles. The van der Waals surface area contributed by atoms with Crippen LogP contribution in [0.5, 0.6) is 0 Å². The number of carbonyl (C=O) groups is 1. The number of nitrogens with zero attached hydrogens (tertiary/aromatic N) is 1. The summed E-state index contributed by atoms with van der Waals surface area (Å²) in [6.45, 7) is 0. The van der Waals surface area contributed by atoms with E-state index in [4.69, 9.17) is 4.74 Å². The van der Waals surface area contributed by atoms with Crippen LogP contribution in [0.3, 0.4) is 0 Å². The molecule has 136 valence electrons. The van der Waals surface area contributed by atoms with Crippen LogP contribution in [0.15, 0.2) is 106 Å². The summed E-state index contributed by atoms with van der Waals surface area (Å²) < 4.78 is 22.9. The number of carbonyl (C=O) groups excluding carboxylic acids is 1. The first-order chi connectivity index (χ1) is 13.0. The van der Waals surface area contributed by atoms with Crippen molar-refractivity contribution < 1.29 is 13.7 Å². The van der Waals surface area contributed by atoms with E-state index in [1.807, 2.05) is 42.5 Å². The Morgan fingerprint density at radius 2 is 1.37 bits per heavy atom. The lowest BCUT2D eigenvalue weighted by Crippen LogP contribution is -2.06. The third kappa shape index (κ3) is 5.15. The second kappa shape index (κ2) is 8.47. The van der Waals surface area contributed by atoms with Crippen molar-refractivity contribution >= 4 is 21.8 Å². The third-order valence-corrected chi connectivity index (χ3v) is 5.42. The highest BCUT2D eigenvalue weighted by Crippen LogP contribution is 2.18. The molecule has 0 N–H and O–H groups in total. The van der Waals surface area contributed by atoms with Crippen LogP contribution in [0.25, 0.3) is 6.08 Å². The van der Waals surface area contributed by atoms with Crippen LogP contribution in [-0.4, -0.2) is 16.4 Å². The molecule has 0 spiro atoms. The predicted octanol–water partition coefficient (Wildman–Crippen LogP) is 5.00. The molecule has 0 bridgehead atoms. The van der Waals surface area contributed by atoms with Gasteiger partial charge in [0.1, 0.15) is 0 Å². The van der Waals surface area contributed by atoms with E-state index in [0.29, 0.717) is 10.5 Å². The summed E-state index contributed by atoms with van der Waals surface area (Å²) in [6, 6.07) is 26.9. The topological polar surface area (TPSA) is 55.7 Å². The van der Waals surface area contributed by atoms with Crippen molar-refractivity contribution in [2.75, 3.05) is 6.26 Å². The average Bonchev–Trinajstić information content (AvgIpc) is 2.70. The Balaban J connectivity index is 2.01. The van der Waals surface area contributed by atoms with Gasteiger partial charge in [-0.25, -0.2) is 9.00 Å². The van der Waals surface area contributed by atoms with Crippen LogP contribution in [-0.2, 0) is 14.5 Å². The molecule has 1 atom stereocenters. The highest BCUT2D eigenvalue weighted by atomic mass is 32.2. The van der Waals surface area contributed by atoms with Gasteiger partial charge in [0.05, 0.1) is 15.3 Å². The minimum atomic E-state index is -2.78. The van der Waals surface area contributed by atoms with Gasteiger partial charge in [-0.05, 0) is 29.8 Å². The first kappa shape index (κ1) is 18.6. The lowest BCUT2D eigenvalue weighted by molar-refractivity contribution is 0.0626. The van der Waals surface area contributed by atoms with Gasteiger partial charge in [-0.15, -0.1) is 0 Å². The van der Waals surface area contributed by atoms with E-state index in [1.54, 1.807) is 54.6 Å². The van der Waals surface area contributed by atoms with Gasteiger partial charge >= 0.3 is 5.97 Å². The predicted molar refractivity (Wildman–Crippen MR) is 107 cm³/mol. The lowest BCUT2D eigenvalue weighted by atomic mass is 10.2. The molecule has 4 nitrogen and oxygen atoms in total. The maximum atomic E-state index is 13.1. The number of rotatable bonds is 5. The van der Waals surface area contributed by atoms with Crippen molar-refractivity contribution in [1.82, 2.24) is 0 Å². The molecule has 0 heterocycles. The maximum absolute atomic E-state index is 13.1. The molecule has 0 fully saturated rings. The van der Waals surface area contributed by atoms with Crippen molar-refractivity contribution in [3.8, 4) is 0 Å². The monoisotopic (exact) mass is 377 g/mol. The molecule has 0 aliphatic carbocycles. The first-order valence-corrected chi connectivity index (χ1v) is 10.3. The van der Waals surface area contributed by atoms with E-state index in [9.17, 15) is 9.00 Å². The van der Waals surface area contributed by atoms with E-state index in [-0.39, 0.29) is 5.88 Å². The lowest BCUT2D eigenvalue weighted by Gasteiger charge is -2.08. The van der Waals surface area contributed by atoms with Crippen LogP contribution in [0.1, 0.15) is 15.9 Å². The Morgan fingerprint density at radius 1 is 0.852 bits per heavy atom. The molecule has 0 amide bonds. The fourth-order valence-corrected chi connectivity index (χ4v) is 3.59. The van der Waals surface area contributed by atoms with Gasteiger partial charge in [0.2, 0.25) is 5.88 Å². The summed E-state index contributed by atoms with van der Waals surface area (Å²) in [5, 5.41) is 0. The van der Waals surface area contributed by atoms with E-state index >= 15 is 0 Å². The largest absolute Gasteiger partial charge is 0.403 e. The Hall–Kier alpha value is -3.18. The zero-order valence-corrected chi connectivity index (χ0v) is 15.6. The summed E-state index contributed by atoms with van der Waals surface area (Å²) in [7, 11) is -2.78. The summed E-state index contributed by atoms with van der Waals surface area (Å²) in [4.78, 5) is 13.0. The minimum Gasteiger partial charge on any atom is -0.403 e. The number of benzene rings is 3. The number of ether oxygens (including phenoxy) is 1. The first-order valence-electron chi connectivity index (χ1n) is 8.36. The molecular weight excluding hydrogens is 358 g/mol. The third-order valence-electron chi connectivity index (χ3n) is 3.74. The molecule has 27 heavy (non-hydrogen) atoms. The summed E-state index contributed by atoms with van der Waals surface area (Å²) in [5.74, 6) is -0.545. The molecule has 0 aromatic heterocycles. The molecule has 0 aliphatic rings. The van der Waals surface area contributed by atoms with Crippen molar-refractivity contribution in [2.24, 2.45) is 4.36 Å². The summed E-state index contributed by atoms with van der Waals surface area (Å²) in [5.41, 5.74) is 1.19. The van der Waals surface area contributed by atoms with Crippen molar-refractivity contribution in [2.45, 2.75) is 4.90 Å². The van der Waals surface area contributed by atoms with E-state index in [1.165, 1.54) is 6.26 Å². The van der Waals surface area contributed by atoms with Gasteiger partial charge in [-0.2, -0.15) is 4.36 Å². The van der Waals surface area contributed by atoms with Crippen LogP contribution in [0.2, 0.25) is 0 Å². The minimum absolute atomic E-state index is 0.00593. The maximum Gasteiger partial charge on any atom is 0.344 e. The summed E-state index contributed by atoms with van der Waals surface area (Å²) >= 11 is 0. The Kier molecular flexibility index (Phi) is 5.84. The molecule has 3 aromatic carbocycles. The van der Waals surface area contributed by atoms with Gasteiger partial charge in [0.25, 0.3) is 0 Å². The molecule has 1 unspecified atom stereocenters. The van der Waals surface area contributed by atoms with Crippen LogP contribution in [0, 0.1) is 0 Å². The van der Waals surface area contributed by atoms with Gasteiger partial charge in [0.15, 0.2) is 0 Å². The summed E-state index contributed by atoms with van der Waals surface area (Å²) in [6.07, 6.45) is 3.13. The Bertz CT molecular complexity index is 1050. The molecule has 3 aromatic rings. The second-order valence-electron chi connectivity index (χ2n) is 5.86. The number of esters is 1. The van der Waals surface area contributed by atoms with E-state index < -0.39 is 15.7 Å². The van der Waals surface area contributed by atoms with Gasteiger partial charge in [0, 0.05) is 17.2 Å². The molecule has 0 radical (unpaired) electrons. The molecule has 3 rings (SSSR count). The van der Waals surface area contributed by atoms with Crippen molar-refractivity contribution in [3.63, 3.8) is 0 Å². The van der Waals surface area contributed by atoms with E-state index in [2.05, 4.69) is 4.36 Å². The molecular formula is C22H19NO3S. The van der Waals surface area contributed by atoms with Crippen LogP contribution >= 0.6 is 0 Å². The van der Waals surface area contributed by atoms with Crippen LogP contribution in [0.4, 0.5) is 0 Å². The molecule has 5 heteroatoms. The zero-order chi connectivity index (χ0) is 19.1. The molecule has 0 saturated heterocycles. The van der Waals surface area contributed by atoms with E-state index in [0.717, 1.165) is 5.56 Å². The number of hydrogen-bond donors (Lipinski definition) is 0. The quantitative estimate of drug-likeness (QED) is 0.464. The van der Waals surface area contributed by atoms with Gasteiger partial charge < -0.3 is 4.74 Å². The normalized spacial score (nSPS) is 13.4. The molecule has 0 saturated carbocycles. The smallest absolute Gasteiger partial charge is 0.344 e. The second-order valence-corrected chi connectivity index (χ2v) is 8.11. The zero-order valence-electron chi connectivity index (χ0n) is 14.8. The highest BCUT2D eigenvalue weighted by molar-refractivity contribution is 7.93. The van der Waals surface area contributed by atoms with Gasteiger partial charge in [-0.1, -0.05) is 66.7 Å².